The Bertz CT molecular complexity index is 280. The SMILES string of the molecule is C=C(C)c1c(C)cccc1Cl.CCC. The molecule has 0 saturated carbocycles. The minimum absolute atomic E-state index is 0.789. The quantitative estimate of drug-likeness (QED) is 0.605. The Kier molecular flexibility index (Phi) is 6.31. The minimum atomic E-state index is 0.789. The molecule has 0 unspecified atom stereocenters. The van der Waals surface area contributed by atoms with Crippen molar-refractivity contribution in [1.29, 1.82) is 0 Å². The molecule has 14 heavy (non-hydrogen) atoms. The van der Waals surface area contributed by atoms with Crippen molar-refractivity contribution in [2.24, 2.45) is 0 Å². The molecule has 0 nitrogen and oxygen atoms in total. The summed E-state index contributed by atoms with van der Waals surface area (Å²) >= 11 is 5.96. The second-order valence-electron chi connectivity index (χ2n) is 3.42. The zero-order valence-corrected chi connectivity index (χ0v) is 10.3. The van der Waals surface area contributed by atoms with E-state index in [4.69, 9.17) is 11.6 Å². The van der Waals surface area contributed by atoms with Gasteiger partial charge in [-0.05, 0) is 36.6 Å². The zero-order valence-electron chi connectivity index (χ0n) is 9.52. The van der Waals surface area contributed by atoms with Crippen molar-refractivity contribution in [3.63, 3.8) is 0 Å². The van der Waals surface area contributed by atoms with Crippen LogP contribution in [0.4, 0.5) is 0 Å². The van der Waals surface area contributed by atoms with Crippen LogP contribution >= 0.6 is 11.6 Å². The van der Waals surface area contributed by atoms with Crippen LogP contribution in [0.5, 0.6) is 0 Å². The summed E-state index contributed by atoms with van der Waals surface area (Å²) < 4.78 is 0. The van der Waals surface area contributed by atoms with E-state index in [9.17, 15) is 0 Å². The van der Waals surface area contributed by atoms with Gasteiger partial charge >= 0.3 is 0 Å². The van der Waals surface area contributed by atoms with E-state index in [2.05, 4.69) is 20.4 Å². The largest absolute Gasteiger partial charge is 0.0955 e. The molecule has 0 saturated heterocycles. The molecule has 1 aromatic carbocycles. The normalized spacial score (nSPS) is 8.93. The molecule has 0 aliphatic heterocycles. The van der Waals surface area contributed by atoms with Crippen molar-refractivity contribution in [1.82, 2.24) is 0 Å². The van der Waals surface area contributed by atoms with Gasteiger partial charge < -0.3 is 0 Å². The highest BCUT2D eigenvalue weighted by Crippen LogP contribution is 2.25. The summed E-state index contributed by atoms with van der Waals surface area (Å²) in [4.78, 5) is 0. The summed E-state index contributed by atoms with van der Waals surface area (Å²) in [5.41, 5.74) is 3.28. The van der Waals surface area contributed by atoms with Crippen LogP contribution in [-0.2, 0) is 0 Å². The second-order valence-corrected chi connectivity index (χ2v) is 3.83. The monoisotopic (exact) mass is 210 g/mol. The van der Waals surface area contributed by atoms with Gasteiger partial charge in [-0.2, -0.15) is 0 Å². The summed E-state index contributed by atoms with van der Waals surface area (Å²) in [7, 11) is 0. The van der Waals surface area contributed by atoms with Crippen LogP contribution in [0.15, 0.2) is 24.8 Å². The average Bonchev–Trinajstić information content (AvgIpc) is 2.04. The lowest BCUT2D eigenvalue weighted by atomic mass is 10.0. The lowest BCUT2D eigenvalue weighted by Crippen LogP contribution is -1.84. The first-order valence-corrected chi connectivity index (χ1v) is 5.33. The van der Waals surface area contributed by atoms with Crippen molar-refractivity contribution in [2.75, 3.05) is 0 Å². The Morgan fingerprint density at radius 2 is 1.86 bits per heavy atom. The van der Waals surface area contributed by atoms with Gasteiger partial charge in [0.25, 0.3) is 0 Å². The molecule has 1 heteroatoms. The van der Waals surface area contributed by atoms with E-state index in [0.717, 1.165) is 16.2 Å². The van der Waals surface area contributed by atoms with E-state index in [-0.39, 0.29) is 0 Å². The van der Waals surface area contributed by atoms with E-state index in [0.29, 0.717) is 0 Å². The number of rotatable bonds is 1. The van der Waals surface area contributed by atoms with E-state index < -0.39 is 0 Å². The summed E-state index contributed by atoms with van der Waals surface area (Å²) in [6.45, 7) is 12.1. The summed E-state index contributed by atoms with van der Waals surface area (Å²) in [5.74, 6) is 0. The first-order chi connectivity index (χ1) is 6.54. The van der Waals surface area contributed by atoms with Crippen LogP contribution in [0, 0.1) is 6.92 Å². The Morgan fingerprint density at radius 3 is 2.14 bits per heavy atom. The molecule has 0 atom stereocenters. The Morgan fingerprint density at radius 1 is 1.36 bits per heavy atom. The van der Waals surface area contributed by atoms with Gasteiger partial charge in [-0.15, -0.1) is 0 Å². The highest BCUT2D eigenvalue weighted by molar-refractivity contribution is 6.32. The molecule has 0 radical (unpaired) electrons. The predicted octanol–water partition coefficient (Wildman–Crippen LogP) is 5.10. The van der Waals surface area contributed by atoms with Gasteiger partial charge in [0.15, 0.2) is 0 Å². The number of hydrogen-bond acceptors (Lipinski definition) is 0. The third-order valence-electron chi connectivity index (χ3n) is 1.65. The highest BCUT2D eigenvalue weighted by atomic mass is 35.5. The number of allylic oxidation sites excluding steroid dienone is 1. The van der Waals surface area contributed by atoms with Crippen LogP contribution in [0.3, 0.4) is 0 Å². The number of hydrogen-bond donors (Lipinski definition) is 0. The fourth-order valence-electron chi connectivity index (χ4n) is 1.17. The Labute approximate surface area is 92.6 Å². The number of aryl methyl sites for hydroxylation is 1. The van der Waals surface area contributed by atoms with Crippen molar-refractivity contribution < 1.29 is 0 Å². The number of benzene rings is 1. The topological polar surface area (TPSA) is 0 Å². The molecule has 0 aromatic heterocycles. The van der Waals surface area contributed by atoms with Crippen molar-refractivity contribution in [3.05, 3.63) is 40.9 Å². The maximum absolute atomic E-state index is 5.96. The van der Waals surface area contributed by atoms with Gasteiger partial charge in [-0.25, -0.2) is 0 Å². The van der Waals surface area contributed by atoms with E-state index in [1.807, 2.05) is 32.0 Å². The van der Waals surface area contributed by atoms with Crippen molar-refractivity contribution >= 4 is 17.2 Å². The second kappa shape index (κ2) is 6.67. The minimum Gasteiger partial charge on any atom is -0.0955 e. The zero-order chi connectivity index (χ0) is 11.1. The standard InChI is InChI=1S/C10H11Cl.C3H8/c1-7(2)10-8(3)5-4-6-9(10)11;1-3-2/h4-6H,1H2,2-3H3;3H2,1-2H3. The lowest BCUT2D eigenvalue weighted by molar-refractivity contribution is 1.09. The van der Waals surface area contributed by atoms with Gasteiger partial charge in [0, 0.05) is 5.02 Å². The Hall–Kier alpha value is -0.750. The molecule has 0 amide bonds. The fourth-order valence-corrected chi connectivity index (χ4v) is 1.56. The van der Waals surface area contributed by atoms with Crippen molar-refractivity contribution in [3.8, 4) is 0 Å². The number of halogens is 1. The van der Waals surface area contributed by atoms with Crippen LogP contribution in [0.25, 0.3) is 5.57 Å². The molecule has 0 heterocycles. The maximum Gasteiger partial charge on any atom is 0.0483 e. The summed E-state index contributed by atoms with van der Waals surface area (Å²) in [5, 5.41) is 0.789. The van der Waals surface area contributed by atoms with Crippen LogP contribution < -0.4 is 0 Å². The first-order valence-electron chi connectivity index (χ1n) is 4.95. The summed E-state index contributed by atoms with van der Waals surface area (Å²) in [6.07, 6.45) is 1.25. The Balaban J connectivity index is 0.000000500. The smallest absolute Gasteiger partial charge is 0.0483 e. The van der Waals surface area contributed by atoms with Gasteiger partial charge in [-0.1, -0.05) is 50.6 Å². The molecule has 0 spiro atoms. The van der Waals surface area contributed by atoms with E-state index >= 15 is 0 Å². The molecule has 0 aliphatic rings. The van der Waals surface area contributed by atoms with Crippen LogP contribution in [-0.4, -0.2) is 0 Å². The van der Waals surface area contributed by atoms with E-state index in [1.54, 1.807) is 0 Å². The summed E-state index contributed by atoms with van der Waals surface area (Å²) in [6, 6.07) is 5.87. The van der Waals surface area contributed by atoms with Gasteiger partial charge in [0.1, 0.15) is 0 Å². The maximum atomic E-state index is 5.96. The molecule has 1 rings (SSSR count). The third-order valence-corrected chi connectivity index (χ3v) is 1.96. The lowest BCUT2D eigenvalue weighted by Gasteiger charge is -2.06. The first kappa shape index (κ1) is 13.2. The molecule has 0 fully saturated rings. The van der Waals surface area contributed by atoms with E-state index in [1.165, 1.54) is 12.0 Å². The van der Waals surface area contributed by atoms with Gasteiger partial charge in [-0.3, -0.25) is 0 Å². The van der Waals surface area contributed by atoms with Gasteiger partial charge in [0.05, 0.1) is 0 Å². The molecule has 0 N–H and O–H groups in total. The van der Waals surface area contributed by atoms with Crippen LogP contribution in [0.1, 0.15) is 38.3 Å². The average molecular weight is 211 g/mol. The molecular weight excluding hydrogens is 192 g/mol. The van der Waals surface area contributed by atoms with Gasteiger partial charge in [0.2, 0.25) is 0 Å². The molecule has 78 valence electrons. The highest BCUT2D eigenvalue weighted by Gasteiger charge is 2.02. The van der Waals surface area contributed by atoms with Crippen molar-refractivity contribution in [2.45, 2.75) is 34.1 Å². The molecule has 0 bridgehead atoms. The third kappa shape index (κ3) is 3.97. The van der Waals surface area contributed by atoms with Crippen LogP contribution in [0.2, 0.25) is 5.02 Å². The molecule has 1 aromatic rings. The molecular formula is C13H19Cl. The predicted molar refractivity (Wildman–Crippen MR) is 66.9 cm³/mol. The molecule has 0 aliphatic carbocycles. The fraction of sp³-hybridized carbons (Fsp3) is 0.385.